The number of aliphatic hydroxyl groups excluding tert-OH is 1. The quantitative estimate of drug-likeness (QED) is 0.450. The largest absolute Gasteiger partial charge is 0.477 e. The number of aliphatic imine (C=N–C) groups is 2. The number of β-lactam (4-membered cyclic amide) rings is 1. The van der Waals surface area contributed by atoms with Crippen LogP contribution in [0.1, 0.15) is 13.3 Å². The minimum Gasteiger partial charge on any atom is -0.477 e. The van der Waals surface area contributed by atoms with Crippen LogP contribution in [-0.4, -0.2) is 81.4 Å². The van der Waals surface area contributed by atoms with E-state index in [9.17, 15) is 19.8 Å². The molecule has 11 heteroatoms. The fraction of sp³-hybridized carbons (Fsp3) is 0.647. The van der Waals surface area contributed by atoms with Crippen molar-refractivity contribution in [3.63, 3.8) is 0 Å². The number of aliphatic hydroxyl groups is 1. The zero-order chi connectivity index (χ0) is 19.8. The SMILES string of the molecule is C[C@H]1C(SC2CNC(=NC3=NCCS3)NC2)=C(C(=O)O)N2C(=O)[C@@H](CCO)[C@@H]12. The van der Waals surface area contributed by atoms with E-state index in [1.807, 2.05) is 6.92 Å². The molecule has 0 bridgehead atoms. The number of carbonyl (C=O) groups is 2. The van der Waals surface area contributed by atoms with Crippen molar-refractivity contribution in [1.29, 1.82) is 0 Å². The number of amides is 1. The van der Waals surface area contributed by atoms with E-state index in [-0.39, 0.29) is 41.3 Å². The number of carbonyl (C=O) groups excluding carboxylic acids is 1. The van der Waals surface area contributed by atoms with Gasteiger partial charge in [0.25, 0.3) is 0 Å². The second-order valence-corrected chi connectivity index (χ2v) is 9.50. The third kappa shape index (κ3) is 3.39. The molecule has 4 heterocycles. The van der Waals surface area contributed by atoms with E-state index in [1.165, 1.54) is 16.7 Å². The van der Waals surface area contributed by atoms with Gasteiger partial charge < -0.3 is 25.7 Å². The highest BCUT2D eigenvalue weighted by Gasteiger charge is 2.58. The van der Waals surface area contributed by atoms with Gasteiger partial charge in [0, 0.05) is 41.5 Å². The first kappa shape index (κ1) is 19.6. The molecule has 0 spiro atoms. The number of amidine groups is 1. The highest BCUT2D eigenvalue weighted by molar-refractivity contribution is 8.14. The molecule has 2 saturated heterocycles. The summed E-state index contributed by atoms with van der Waals surface area (Å²) in [5.74, 6) is 0.0513. The smallest absolute Gasteiger partial charge is 0.353 e. The van der Waals surface area contributed by atoms with Gasteiger partial charge in [-0.1, -0.05) is 18.7 Å². The van der Waals surface area contributed by atoms with Crippen LogP contribution in [0.25, 0.3) is 0 Å². The molecule has 0 radical (unpaired) electrons. The number of aliphatic carboxylic acids is 1. The van der Waals surface area contributed by atoms with E-state index in [0.29, 0.717) is 25.5 Å². The molecule has 4 N–H and O–H groups in total. The molecule has 0 aromatic heterocycles. The number of carboxylic acid groups (broad SMARTS) is 1. The number of hydrogen-bond acceptors (Lipinski definition) is 7. The normalized spacial score (nSPS) is 31.8. The molecule has 3 atom stereocenters. The number of nitrogens with one attached hydrogen (secondary N) is 2. The van der Waals surface area contributed by atoms with Crippen LogP contribution >= 0.6 is 23.5 Å². The van der Waals surface area contributed by atoms with Crippen molar-refractivity contribution in [2.45, 2.75) is 24.6 Å². The summed E-state index contributed by atoms with van der Waals surface area (Å²) in [6, 6.07) is -0.160. The van der Waals surface area contributed by atoms with Crippen molar-refractivity contribution >= 4 is 46.5 Å². The Bertz CT molecular complexity index is 774. The molecular weight excluding hydrogens is 402 g/mol. The summed E-state index contributed by atoms with van der Waals surface area (Å²) >= 11 is 3.14. The van der Waals surface area contributed by atoms with Gasteiger partial charge in [0.05, 0.1) is 18.5 Å². The van der Waals surface area contributed by atoms with Crippen LogP contribution in [0.4, 0.5) is 0 Å². The minimum atomic E-state index is -1.07. The summed E-state index contributed by atoms with van der Waals surface area (Å²) in [6.07, 6.45) is 0.378. The van der Waals surface area contributed by atoms with Crippen molar-refractivity contribution in [2.24, 2.45) is 21.8 Å². The van der Waals surface area contributed by atoms with Crippen LogP contribution in [0.3, 0.4) is 0 Å². The van der Waals surface area contributed by atoms with Gasteiger partial charge in [-0.15, -0.1) is 11.8 Å². The Hall–Kier alpha value is -1.72. The summed E-state index contributed by atoms with van der Waals surface area (Å²) in [5.41, 5.74) is 0.109. The predicted octanol–water partition coefficient (Wildman–Crippen LogP) is -0.105. The fourth-order valence-corrected chi connectivity index (χ4v) is 6.13. The van der Waals surface area contributed by atoms with E-state index in [4.69, 9.17) is 0 Å². The Balaban J connectivity index is 1.44. The monoisotopic (exact) mass is 425 g/mol. The molecule has 0 aromatic carbocycles. The zero-order valence-electron chi connectivity index (χ0n) is 15.4. The van der Waals surface area contributed by atoms with E-state index in [1.54, 1.807) is 11.8 Å². The van der Waals surface area contributed by atoms with Crippen molar-refractivity contribution in [2.75, 3.05) is 32.0 Å². The minimum absolute atomic E-state index is 0.0512. The van der Waals surface area contributed by atoms with Crippen LogP contribution in [-0.2, 0) is 9.59 Å². The number of hydrogen-bond donors (Lipinski definition) is 4. The molecule has 152 valence electrons. The Morgan fingerprint density at radius 1 is 1.43 bits per heavy atom. The molecule has 4 aliphatic rings. The van der Waals surface area contributed by atoms with Gasteiger partial charge >= 0.3 is 5.97 Å². The number of nitrogens with zero attached hydrogens (tertiary/aromatic N) is 3. The van der Waals surface area contributed by atoms with Gasteiger partial charge in [0.2, 0.25) is 5.91 Å². The van der Waals surface area contributed by atoms with Gasteiger partial charge in [0.15, 0.2) is 11.1 Å². The topological polar surface area (TPSA) is 127 Å². The summed E-state index contributed by atoms with van der Waals surface area (Å²) in [7, 11) is 0. The standard InChI is InChI=1S/C17H23N5O4S2/c1-8-11-10(2-4-23)14(24)22(11)12(15(25)26)13(8)28-9-6-19-16(20-7-9)21-17-18-3-5-27-17/h8-11,23H,2-7H2,1H3,(H,25,26)(H2,18,19,20,21)/t8-,10+,11-/m1/s1. The Kier molecular flexibility index (Phi) is 5.57. The van der Waals surface area contributed by atoms with Gasteiger partial charge in [-0.05, 0) is 6.42 Å². The molecule has 0 aromatic rings. The van der Waals surface area contributed by atoms with E-state index < -0.39 is 5.97 Å². The van der Waals surface area contributed by atoms with Crippen LogP contribution in [0.2, 0.25) is 0 Å². The molecule has 4 aliphatic heterocycles. The lowest BCUT2D eigenvalue weighted by atomic mass is 9.80. The first-order valence-corrected chi connectivity index (χ1v) is 11.2. The molecule has 0 aliphatic carbocycles. The molecular formula is C17H23N5O4S2. The summed E-state index contributed by atoms with van der Waals surface area (Å²) < 4.78 is 0. The van der Waals surface area contributed by atoms with Crippen molar-refractivity contribution < 1.29 is 19.8 Å². The number of fused-ring (bicyclic) bond motifs is 1. The van der Waals surface area contributed by atoms with Gasteiger partial charge in [-0.3, -0.25) is 9.79 Å². The number of carboxylic acids is 1. The molecule has 9 nitrogen and oxygen atoms in total. The summed E-state index contributed by atoms with van der Waals surface area (Å²) in [6.45, 7) is 4.00. The molecule has 2 fully saturated rings. The van der Waals surface area contributed by atoms with E-state index in [0.717, 1.165) is 22.4 Å². The highest BCUT2D eigenvalue weighted by Crippen LogP contribution is 2.51. The van der Waals surface area contributed by atoms with Crippen molar-refractivity contribution in [1.82, 2.24) is 15.5 Å². The first-order valence-electron chi connectivity index (χ1n) is 9.33. The number of guanidine groups is 1. The van der Waals surface area contributed by atoms with Crippen LogP contribution < -0.4 is 10.6 Å². The van der Waals surface area contributed by atoms with Gasteiger partial charge in [-0.2, -0.15) is 4.99 Å². The molecule has 1 amide bonds. The van der Waals surface area contributed by atoms with Gasteiger partial charge in [-0.25, -0.2) is 4.79 Å². The zero-order valence-corrected chi connectivity index (χ0v) is 17.1. The fourth-order valence-electron chi connectivity index (χ4n) is 4.08. The second kappa shape index (κ2) is 7.96. The maximum absolute atomic E-state index is 12.4. The Morgan fingerprint density at radius 2 is 2.18 bits per heavy atom. The lowest BCUT2D eigenvalue weighted by Crippen LogP contribution is -2.60. The molecule has 0 saturated carbocycles. The summed E-state index contributed by atoms with van der Waals surface area (Å²) in [4.78, 5) is 35.2. The van der Waals surface area contributed by atoms with E-state index in [2.05, 4.69) is 20.6 Å². The van der Waals surface area contributed by atoms with Crippen LogP contribution in [0.5, 0.6) is 0 Å². The van der Waals surface area contributed by atoms with Crippen LogP contribution in [0, 0.1) is 11.8 Å². The maximum Gasteiger partial charge on any atom is 0.353 e. The lowest BCUT2D eigenvalue weighted by molar-refractivity contribution is -0.157. The predicted molar refractivity (Wildman–Crippen MR) is 109 cm³/mol. The third-order valence-electron chi connectivity index (χ3n) is 5.37. The highest BCUT2D eigenvalue weighted by atomic mass is 32.2. The maximum atomic E-state index is 12.4. The lowest BCUT2D eigenvalue weighted by Gasteiger charge is -2.45. The molecule has 28 heavy (non-hydrogen) atoms. The number of thioether (sulfide) groups is 2. The average Bonchev–Trinajstić information content (AvgIpc) is 3.27. The average molecular weight is 426 g/mol. The Morgan fingerprint density at radius 3 is 2.79 bits per heavy atom. The first-order chi connectivity index (χ1) is 13.5. The number of rotatable bonds is 5. The van der Waals surface area contributed by atoms with E-state index >= 15 is 0 Å². The molecule has 0 unspecified atom stereocenters. The van der Waals surface area contributed by atoms with Crippen molar-refractivity contribution in [3.05, 3.63) is 10.6 Å². The second-order valence-electron chi connectivity index (χ2n) is 7.10. The van der Waals surface area contributed by atoms with Crippen molar-refractivity contribution in [3.8, 4) is 0 Å². The van der Waals surface area contributed by atoms with Crippen LogP contribution in [0.15, 0.2) is 20.6 Å². The Labute approximate surface area is 171 Å². The van der Waals surface area contributed by atoms with Gasteiger partial charge in [0.1, 0.15) is 5.70 Å². The molecule has 4 rings (SSSR count). The third-order valence-corrected chi connectivity index (χ3v) is 7.72. The summed E-state index contributed by atoms with van der Waals surface area (Å²) in [5, 5.41) is 26.3.